The smallest absolute Gasteiger partial charge is 0.0738 e. The Bertz CT molecular complexity index is 2180. The molecule has 0 unspecified atom stereocenters. The second kappa shape index (κ2) is 10.8. The van der Waals surface area contributed by atoms with E-state index in [-0.39, 0.29) is 0 Å². The molecule has 0 amide bonds. The maximum absolute atomic E-state index is 5.36. The van der Waals surface area contributed by atoms with Gasteiger partial charge in [-0.1, -0.05) is 78.4 Å². The fourth-order valence-electron chi connectivity index (χ4n) is 6.79. The molecule has 4 nitrogen and oxygen atoms in total. The normalized spacial score (nSPS) is 12.2. The molecule has 45 heavy (non-hydrogen) atoms. The molecule has 0 saturated heterocycles. The third-order valence-electron chi connectivity index (χ3n) is 8.62. The molecule has 2 aliphatic rings. The number of aromatic amines is 2. The average molecular weight is 581 g/mol. The van der Waals surface area contributed by atoms with Crippen LogP contribution in [0.25, 0.3) is 79.8 Å². The molecule has 4 heteroatoms. The van der Waals surface area contributed by atoms with E-state index in [9.17, 15) is 0 Å². The molecule has 6 aromatic rings. The van der Waals surface area contributed by atoms with E-state index >= 15 is 0 Å². The van der Waals surface area contributed by atoms with Gasteiger partial charge in [0.25, 0.3) is 0 Å². The largest absolute Gasteiger partial charge is 0.355 e. The topological polar surface area (TPSA) is 57.4 Å². The molecule has 8 bridgehead atoms. The predicted octanol–water partition coefficient (Wildman–Crippen LogP) is 10.6. The summed E-state index contributed by atoms with van der Waals surface area (Å²) >= 11 is 0. The number of aryl methyl sites for hydroxylation is 3. The summed E-state index contributed by atoms with van der Waals surface area (Å²) in [6.07, 6.45) is 8.57. The van der Waals surface area contributed by atoms with E-state index in [1.807, 2.05) is 12.1 Å². The predicted molar refractivity (Wildman–Crippen MR) is 189 cm³/mol. The fraction of sp³-hybridized carbons (Fsp3) is 0.0732. The van der Waals surface area contributed by atoms with Crippen LogP contribution < -0.4 is 0 Å². The summed E-state index contributed by atoms with van der Waals surface area (Å²) < 4.78 is 0. The van der Waals surface area contributed by atoms with Gasteiger partial charge < -0.3 is 9.97 Å². The van der Waals surface area contributed by atoms with E-state index in [1.54, 1.807) is 0 Å². The van der Waals surface area contributed by atoms with Crippen molar-refractivity contribution in [2.45, 2.75) is 20.8 Å². The molecule has 8 rings (SSSR count). The van der Waals surface area contributed by atoms with E-state index in [2.05, 4.69) is 146 Å². The van der Waals surface area contributed by atoms with Crippen LogP contribution in [0.5, 0.6) is 0 Å². The minimum atomic E-state index is 0.909. The molecule has 0 radical (unpaired) electrons. The van der Waals surface area contributed by atoms with Crippen LogP contribution in [0, 0.1) is 20.8 Å². The maximum atomic E-state index is 5.36. The molecule has 3 aromatic heterocycles. The van der Waals surface area contributed by atoms with E-state index in [1.165, 1.54) is 22.3 Å². The summed E-state index contributed by atoms with van der Waals surface area (Å²) in [6, 6.07) is 36.2. The second-order valence-corrected chi connectivity index (χ2v) is 11.9. The van der Waals surface area contributed by atoms with E-state index < -0.39 is 0 Å². The van der Waals surface area contributed by atoms with Crippen molar-refractivity contribution in [2.75, 3.05) is 0 Å². The first-order valence-electron chi connectivity index (χ1n) is 15.3. The van der Waals surface area contributed by atoms with Crippen LogP contribution in [0.3, 0.4) is 0 Å². The number of benzene rings is 3. The Balaban J connectivity index is 1.57. The molecular formula is C41H32N4. The molecule has 0 aliphatic carbocycles. The Kier molecular flexibility index (Phi) is 6.42. The molecule has 0 saturated carbocycles. The number of H-pyrrole nitrogens is 2. The summed E-state index contributed by atoms with van der Waals surface area (Å²) in [4.78, 5) is 18.1. The van der Waals surface area contributed by atoms with Gasteiger partial charge in [0.05, 0.1) is 22.8 Å². The standard InChI is InChI=1S/C41H32N4/c1-25-22-26(2)38(27(3)23-25)41-36-20-18-34(44-36)39(28-10-6-4-7-11-28)32-16-14-30(42-32)24-31-15-17-33(43-31)40(29-12-8-5-9-13-29)35-19-21-37(41)45-35/h4-24,42-43H,1-3H3. The summed E-state index contributed by atoms with van der Waals surface area (Å²) in [6.45, 7) is 6.53. The van der Waals surface area contributed by atoms with E-state index in [0.717, 1.165) is 72.7 Å². The molecule has 0 spiro atoms. The Hall–Kier alpha value is -5.74. The van der Waals surface area contributed by atoms with Crippen molar-refractivity contribution in [1.82, 2.24) is 19.9 Å². The molecule has 5 heterocycles. The molecule has 0 atom stereocenters. The zero-order valence-electron chi connectivity index (χ0n) is 25.5. The molecule has 3 aromatic carbocycles. The molecular weight excluding hydrogens is 548 g/mol. The van der Waals surface area contributed by atoms with Gasteiger partial charge >= 0.3 is 0 Å². The number of fused-ring (bicyclic) bond motifs is 8. The summed E-state index contributed by atoms with van der Waals surface area (Å²) in [7, 11) is 0. The van der Waals surface area contributed by atoms with Gasteiger partial charge in [-0.3, -0.25) is 0 Å². The minimum absolute atomic E-state index is 0.909. The van der Waals surface area contributed by atoms with Crippen molar-refractivity contribution in [3.8, 4) is 33.4 Å². The van der Waals surface area contributed by atoms with Crippen molar-refractivity contribution >= 4 is 46.4 Å². The highest BCUT2D eigenvalue weighted by molar-refractivity contribution is 5.97. The summed E-state index contributed by atoms with van der Waals surface area (Å²) in [5, 5.41) is 0. The van der Waals surface area contributed by atoms with Crippen LogP contribution in [0.2, 0.25) is 0 Å². The Morgan fingerprint density at radius 3 is 1.29 bits per heavy atom. The first-order valence-corrected chi connectivity index (χ1v) is 15.3. The SMILES string of the molecule is Cc1cc(C)c(-c2c3nc(c(-c4ccccc4)c4ccc(cc5ccc([nH]5)c(-c5ccccc5)c5nc2C=C5)[nH]4)C=C3)c(C)c1. The zero-order chi connectivity index (χ0) is 30.5. The first kappa shape index (κ1) is 26.9. The lowest BCUT2D eigenvalue weighted by Crippen LogP contribution is -1.96. The number of aromatic nitrogens is 4. The van der Waals surface area contributed by atoms with Crippen molar-refractivity contribution in [1.29, 1.82) is 0 Å². The zero-order valence-corrected chi connectivity index (χ0v) is 25.5. The van der Waals surface area contributed by atoms with Crippen LogP contribution in [0.4, 0.5) is 0 Å². The van der Waals surface area contributed by atoms with Gasteiger partial charge in [0.15, 0.2) is 0 Å². The molecule has 2 aliphatic heterocycles. The summed E-state index contributed by atoms with van der Waals surface area (Å²) in [5.74, 6) is 0. The quantitative estimate of drug-likeness (QED) is 0.218. The van der Waals surface area contributed by atoms with Crippen LogP contribution in [-0.2, 0) is 0 Å². The summed E-state index contributed by atoms with van der Waals surface area (Å²) in [5.41, 5.74) is 18.0. The first-order chi connectivity index (χ1) is 22.0. The lowest BCUT2D eigenvalue weighted by molar-refractivity contribution is 1.25. The van der Waals surface area contributed by atoms with Gasteiger partial charge in [0.1, 0.15) is 0 Å². The van der Waals surface area contributed by atoms with Gasteiger partial charge in [0, 0.05) is 38.8 Å². The highest BCUT2D eigenvalue weighted by Gasteiger charge is 2.20. The van der Waals surface area contributed by atoms with Crippen LogP contribution in [0.15, 0.2) is 103 Å². The third-order valence-corrected chi connectivity index (χ3v) is 8.62. The van der Waals surface area contributed by atoms with Crippen molar-refractivity contribution in [3.63, 3.8) is 0 Å². The molecule has 216 valence electrons. The fourth-order valence-corrected chi connectivity index (χ4v) is 6.79. The number of hydrogen-bond donors (Lipinski definition) is 2. The van der Waals surface area contributed by atoms with Crippen LogP contribution in [-0.4, -0.2) is 19.9 Å². The van der Waals surface area contributed by atoms with Crippen molar-refractivity contribution < 1.29 is 0 Å². The van der Waals surface area contributed by atoms with Crippen molar-refractivity contribution in [3.05, 3.63) is 143 Å². The second-order valence-electron chi connectivity index (χ2n) is 11.9. The van der Waals surface area contributed by atoms with Gasteiger partial charge in [-0.05, 0) is 103 Å². The van der Waals surface area contributed by atoms with Gasteiger partial charge in [-0.2, -0.15) is 0 Å². The van der Waals surface area contributed by atoms with Crippen molar-refractivity contribution in [2.24, 2.45) is 0 Å². The number of nitrogens with zero attached hydrogens (tertiary/aromatic N) is 2. The minimum Gasteiger partial charge on any atom is -0.355 e. The van der Waals surface area contributed by atoms with E-state index in [0.29, 0.717) is 0 Å². The monoisotopic (exact) mass is 580 g/mol. The number of hydrogen-bond acceptors (Lipinski definition) is 2. The Morgan fingerprint density at radius 2 is 0.844 bits per heavy atom. The third kappa shape index (κ3) is 4.81. The Morgan fingerprint density at radius 1 is 0.422 bits per heavy atom. The molecule has 0 fully saturated rings. The van der Waals surface area contributed by atoms with Gasteiger partial charge in [0.2, 0.25) is 0 Å². The number of nitrogens with one attached hydrogen (secondary N) is 2. The highest BCUT2D eigenvalue weighted by atomic mass is 14.8. The lowest BCUT2D eigenvalue weighted by Gasteiger charge is -2.13. The van der Waals surface area contributed by atoms with Gasteiger partial charge in [-0.15, -0.1) is 0 Å². The molecule has 2 N–H and O–H groups in total. The average Bonchev–Trinajstić information content (AvgIpc) is 3.86. The maximum Gasteiger partial charge on any atom is 0.0738 e. The van der Waals surface area contributed by atoms with Crippen LogP contribution >= 0.6 is 0 Å². The highest BCUT2D eigenvalue weighted by Crippen LogP contribution is 2.39. The Labute approximate surface area is 262 Å². The van der Waals surface area contributed by atoms with Crippen LogP contribution in [0.1, 0.15) is 39.5 Å². The van der Waals surface area contributed by atoms with Gasteiger partial charge in [-0.25, -0.2) is 9.97 Å². The number of rotatable bonds is 3. The lowest BCUT2D eigenvalue weighted by atomic mass is 9.92. The van der Waals surface area contributed by atoms with E-state index in [4.69, 9.17) is 9.97 Å².